The molecule has 3 aromatic rings. The van der Waals surface area contributed by atoms with E-state index in [0.717, 1.165) is 11.1 Å². The summed E-state index contributed by atoms with van der Waals surface area (Å²) in [5, 5.41) is 17.0. The summed E-state index contributed by atoms with van der Waals surface area (Å²) in [6, 6.07) is 12.4. The Morgan fingerprint density at radius 3 is 2.83 bits per heavy atom. The van der Waals surface area contributed by atoms with Crippen molar-refractivity contribution in [3.05, 3.63) is 58.1 Å². The highest BCUT2D eigenvalue weighted by atomic mass is 35.5. The Balaban J connectivity index is 1.75. The Morgan fingerprint density at radius 1 is 1.34 bits per heavy atom. The minimum atomic E-state index is -0.211. The Morgan fingerprint density at radius 2 is 2.14 bits per heavy atom. The van der Waals surface area contributed by atoms with Crippen molar-refractivity contribution in [1.82, 2.24) is 14.8 Å². The predicted molar refractivity (Wildman–Crippen MR) is 113 cm³/mol. The Hall–Kier alpha value is -3.02. The molecule has 0 saturated carbocycles. The number of benzene rings is 2. The Labute approximate surface area is 177 Å². The van der Waals surface area contributed by atoms with E-state index >= 15 is 0 Å². The normalized spacial score (nSPS) is 10.4. The number of carbonyl (C=O) groups is 1. The molecule has 0 unspecified atom stereocenters. The maximum atomic E-state index is 12.4. The highest BCUT2D eigenvalue weighted by Crippen LogP contribution is 2.29. The number of carbonyl (C=O) groups excluding carboxylic acids is 1. The number of thioether (sulfide) groups is 1. The summed E-state index contributed by atoms with van der Waals surface area (Å²) in [5.74, 6) is 1.23. The number of aryl methyl sites for hydroxylation is 2. The third-order valence-corrected chi connectivity index (χ3v) is 4.78. The molecule has 148 valence electrons. The van der Waals surface area contributed by atoms with E-state index in [1.54, 1.807) is 31.3 Å². The molecule has 0 spiro atoms. The van der Waals surface area contributed by atoms with Crippen LogP contribution < -0.4 is 10.1 Å². The van der Waals surface area contributed by atoms with Crippen LogP contribution in [-0.4, -0.2) is 26.9 Å². The van der Waals surface area contributed by atoms with Gasteiger partial charge in [0.15, 0.2) is 0 Å². The standard InChI is InChI=1S/C20H18ClN5O2S/c1-12-4-5-13(9-18(27)23-19-24-20(29-3)25-26(19)2)8-17(12)28-16-7-14(11-22)6-15(21)10-16/h4-8,10H,9H2,1-3H3,(H,23,24,25,27). The number of amides is 1. The zero-order valence-corrected chi connectivity index (χ0v) is 17.6. The molecule has 1 amide bonds. The van der Waals surface area contributed by atoms with Crippen molar-refractivity contribution in [1.29, 1.82) is 5.26 Å². The molecule has 29 heavy (non-hydrogen) atoms. The van der Waals surface area contributed by atoms with Crippen molar-refractivity contribution < 1.29 is 9.53 Å². The van der Waals surface area contributed by atoms with Gasteiger partial charge in [-0.3, -0.25) is 10.1 Å². The molecule has 0 aliphatic carbocycles. The second-order valence-corrected chi connectivity index (χ2v) is 7.47. The molecule has 3 rings (SSSR count). The average Bonchev–Trinajstić information content (AvgIpc) is 3.03. The number of nitriles is 1. The zero-order chi connectivity index (χ0) is 21.0. The predicted octanol–water partition coefficient (Wildman–Crippen LogP) is 4.34. The van der Waals surface area contributed by atoms with E-state index in [1.807, 2.05) is 31.4 Å². The first-order chi connectivity index (χ1) is 13.9. The fraction of sp³-hybridized carbons (Fsp3) is 0.200. The van der Waals surface area contributed by atoms with Gasteiger partial charge in [-0.05, 0) is 48.6 Å². The van der Waals surface area contributed by atoms with Crippen LogP contribution in [-0.2, 0) is 18.3 Å². The SMILES string of the molecule is CSc1nc(NC(=O)Cc2ccc(C)c(Oc3cc(Cl)cc(C#N)c3)c2)n(C)n1. The van der Waals surface area contributed by atoms with Crippen LogP contribution in [0.1, 0.15) is 16.7 Å². The van der Waals surface area contributed by atoms with Crippen LogP contribution in [0.5, 0.6) is 11.5 Å². The lowest BCUT2D eigenvalue weighted by molar-refractivity contribution is -0.115. The van der Waals surface area contributed by atoms with Crippen LogP contribution in [0.4, 0.5) is 5.95 Å². The molecule has 0 aliphatic rings. The number of aromatic nitrogens is 3. The number of nitrogens with one attached hydrogen (secondary N) is 1. The van der Waals surface area contributed by atoms with E-state index in [4.69, 9.17) is 21.6 Å². The van der Waals surface area contributed by atoms with E-state index in [2.05, 4.69) is 15.4 Å². The number of halogens is 1. The lowest BCUT2D eigenvalue weighted by atomic mass is 10.1. The van der Waals surface area contributed by atoms with Gasteiger partial charge in [0.2, 0.25) is 17.0 Å². The fourth-order valence-corrected chi connectivity index (χ4v) is 3.20. The molecule has 0 aliphatic heterocycles. The number of rotatable bonds is 6. The topological polar surface area (TPSA) is 92.8 Å². The molecular formula is C20H18ClN5O2S. The number of ether oxygens (including phenoxy) is 1. The number of nitrogens with zero attached hydrogens (tertiary/aromatic N) is 4. The van der Waals surface area contributed by atoms with Crippen molar-refractivity contribution >= 4 is 35.2 Å². The second kappa shape index (κ2) is 8.99. The van der Waals surface area contributed by atoms with Crippen molar-refractivity contribution in [2.75, 3.05) is 11.6 Å². The Kier molecular flexibility index (Phi) is 6.42. The lowest BCUT2D eigenvalue weighted by Crippen LogP contribution is -2.17. The first-order valence-corrected chi connectivity index (χ1v) is 10.2. The van der Waals surface area contributed by atoms with Crippen LogP contribution in [0.2, 0.25) is 5.02 Å². The summed E-state index contributed by atoms with van der Waals surface area (Å²) in [5.41, 5.74) is 2.08. The number of hydrogen-bond acceptors (Lipinski definition) is 6. The Bertz CT molecular complexity index is 1110. The number of hydrogen-bond donors (Lipinski definition) is 1. The number of anilines is 1. The van der Waals surface area contributed by atoms with Crippen LogP contribution in [0.3, 0.4) is 0 Å². The van der Waals surface area contributed by atoms with E-state index < -0.39 is 0 Å². The van der Waals surface area contributed by atoms with Gasteiger partial charge in [-0.25, -0.2) is 4.68 Å². The molecule has 0 bridgehead atoms. The summed E-state index contributed by atoms with van der Waals surface area (Å²) in [4.78, 5) is 16.7. The average molecular weight is 428 g/mol. The van der Waals surface area contributed by atoms with Crippen molar-refractivity contribution in [2.24, 2.45) is 7.05 Å². The maximum absolute atomic E-state index is 12.4. The first kappa shape index (κ1) is 20.7. The summed E-state index contributed by atoms with van der Waals surface area (Å²) >= 11 is 7.44. The molecule has 0 saturated heterocycles. The lowest BCUT2D eigenvalue weighted by Gasteiger charge is -2.11. The molecule has 0 radical (unpaired) electrons. The van der Waals surface area contributed by atoms with Gasteiger partial charge in [0.1, 0.15) is 11.5 Å². The van der Waals surface area contributed by atoms with E-state index in [1.165, 1.54) is 16.4 Å². The van der Waals surface area contributed by atoms with Gasteiger partial charge < -0.3 is 4.74 Å². The van der Waals surface area contributed by atoms with Gasteiger partial charge >= 0.3 is 0 Å². The highest BCUT2D eigenvalue weighted by Gasteiger charge is 2.12. The third kappa shape index (κ3) is 5.28. The smallest absolute Gasteiger partial charge is 0.231 e. The molecule has 1 N–H and O–H groups in total. The van der Waals surface area contributed by atoms with E-state index in [9.17, 15) is 4.79 Å². The van der Waals surface area contributed by atoms with Gasteiger partial charge in [0.05, 0.1) is 18.1 Å². The zero-order valence-electron chi connectivity index (χ0n) is 16.1. The summed E-state index contributed by atoms with van der Waals surface area (Å²) in [7, 11) is 1.72. The maximum Gasteiger partial charge on any atom is 0.231 e. The van der Waals surface area contributed by atoms with Gasteiger partial charge in [0.25, 0.3) is 0 Å². The van der Waals surface area contributed by atoms with Crippen molar-refractivity contribution in [3.63, 3.8) is 0 Å². The van der Waals surface area contributed by atoms with Gasteiger partial charge in [0, 0.05) is 12.1 Å². The van der Waals surface area contributed by atoms with Crippen molar-refractivity contribution in [2.45, 2.75) is 18.5 Å². The minimum Gasteiger partial charge on any atom is -0.457 e. The molecule has 1 aromatic heterocycles. The van der Waals surface area contributed by atoms with Crippen molar-refractivity contribution in [3.8, 4) is 17.6 Å². The van der Waals surface area contributed by atoms with Crippen LogP contribution in [0.15, 0.2) is 41.6 Å². The second-order valence-electron chi connectivity index (χ2n) is 6.26. The van der Waals surface area contributed by atoms with Gasteiger partial charge in [-0.15, -0.1) is 5.10 Å². The quantitative estimate of drug-likeness (QED) is 0.588. The van der Waals surface area contributed by atoms with Crippen LogP contribution in [0, 0.1) is 18.3 Å². The molecule has 0 fully saturated rings. The molecule has 2 aromatic carbocycles. The molecule has 1 heterocycles. The largest absolute Gasteiger partial charge is 0.457 e. The molecule has 7 nitrogen and oxygen atoms in total. The monoisotopic (exact) mass is 427 g/mol. The molecular weight excluding hydrogens is 410 g/mol. The fourth-order valence-electron chi connectivity index (χ4n) is 2.59. The van der Waals surface area contributed by atoms with Crippen LogP contribution >= 0.6 is 23.4 Å². The van der Waals surface area contributed by atoms with Crippen LogP contribution in [0.25, 0.3) is 0 Å². The third-order valence-electron chi connectivity index (χ3n) is 4.02. The summed E-state index contributed by atoms with van der Waals surface area (Å²) in [6.45, 7) is 1.90. The summed E-state index contributed by atoms with van der Waals surface area (Å²) in [6.07, 6.45) is 2.02. The van der Waals surface area contributed by atoms with Gasteiger partial charge in [-0.1, -0.05) is 35.5 Å². The molecule has 0 atom stereocenters. The minimum absolute atomic E-state index is 0.150. The van der Waals surface area contributed by atoms with Gasteiger partial charge in [-0.2, -0.15) is 10.2 Å². The van der Waals surface area contributed by atoms with E-state index in [-0.39, 0.29) is 12.3 Å². The molecule has 9 heteroatoms. The van der Waals surface area contributed by atoms with E-state index in [0.29, 0.717) is 33.2 Å². The highest BCUT2D eigenvalue weighted by molar-refractivity contribution is 7.98. The summed E-state index contributed by atoms with van der Waals surface area (Å²) < 4.78 is 7.44. The first-order valence-electron chi connectivity index (χ1n) is 8.61.